The molecule has 1 aliphatic heterocycles. The van der Waals surface area contributed by atoms with Gasteiger partial charge in [-0.25, -0.2) is 4.39 Å². The van der Waals surface area contributed by atoms with Crippen LogP contribution in [0.4, 0.5) is 16.2 Å². The Balaban J connectivity index is 2.24. The van der Waals surface area contributed by atoms with Gasteiger partial charge in [-0.05, 0) is 23.8 Å². The maximum absolute atomic E-state index is 14.1. The van der Waals surface area contributed by atoms with Crippen LogP contribution in [0.5, 0.6) is 0 Å². The van der Waals surface area contributed by atoms with Crippen LogP contribution in [-0.4, -0.2) is 15.9 Å². The van der Waals surface area contributed by atoms with E-state index in [1.54, 1.807) is 12.1 Å². The van der Waals surface area contributed by atoms with Crippen LogP contribution in [-0.2, 0) is 4.79 Å². The van der Waals surface area contributed by atoms with Crippen LogP contribution in [0.3, 0.4) is 0 Å². The van der Waals surface area contributed by atoms with Crippen LogP contribution in [0, 0.1) is 5.82 Å². The van der Waals surface area contributed by atoms with Crippen LogP contribution in [0.2, 0.25) is 0 Å². The molecule has 0 radical (unpaired) electrons. The molecule has 0 saturated carbocycles. The lowest BCUT2D eigenvalue weighted by atomic mass is 9.86. The van der Waals surface area contributed by atoms with Crippen LogP contribution in [0.15, 0.2) is 27.5 Å². The summed E-state index contributed by atoms with van der Waals surface area (Å²) >= 11 is 3.26. The summed E-state index contributed by atoms with van der Waals surface area (Å²) in [6.45, 7) is 0. The zero-order chi connectivity index (χ0) is 15.1. The molecule has 0 spiro atoms. The minimum Gasteiger partial charge on any atom is -0.369 e. The largest absolute Gasteiger partial charge is 0.369 e. The minimum atomic E-state index is -0.705. The first-order chi connectivity index (χ1) is 9.95. The highest BCUT2D eigenvalue weighted by atomic mass is 79.9. The number of benzene rings is 1. The Bertz CT molecular complexity index is 805. The zero-order valence-corrected chi connectivity index (χ0v) is 12.2. The number of fused-ring (bicyclic) bond motifs is 1. The standard InChI is InChI=1S/C13H10BrFN4O2/c14-5-1-2-8(15)6(3-5)7-4-9(20)17-11-10(7)12(21)19-13(16)18-11/h1-3,7H,4H2,(H4,16,17,18,19,20,21). The second-order valence-electron chi connectivity index (χ2n) is 4.68. The first kappa shape index (κ1) is 13.7. The van der Waals surface area contributed by atoms with E-state index in [2.05, 4.69) is 31.2 Å². The number of nitrogen functional groups attached to an aromatic ring is 1. The highest BCUT2D eigenvalue weighted by molar-refractivity contribution is 9.10. The van der Waals surface area contributed by atoms with Gasteiger partial charge in [0.05, 0.1) is 5.56 Å². The van der Waals surface area contributed by atoms with Gasteiger partial charge in [0, 0.05) is 16.8 Å². The number of rotatable bonds is 1. The number of carbonyl (C=O) groups excluding carboxylic acids is 1. The lowest BCUT2D eigenvalue weighted by Crippen LogP contribution is -2.32. The Morgan fingerprint density at radius 1 is 1.38 bits per heavy atom. The molecular formula is C13H10BrFN4O2. The lowest BCUT2D eigenvalue weighted by molar-refractivity contribution is -0.116. The molecule has 8 heteroatoms. The first-order valence-electron chi connectivity index (χ1n) is 6.10. The SMILES string of the molecule is Nc1nc2c(c(=O)[nH]1)C(c1cc(Br)ccc1F)CC(=O)N2. The predicted octanol–water partition coefficient (Wildman–Crippen LogP) is 1.73. The molecule has 1 aromatic heterocycles. The lowest BCUT2D eigenvalue weighted by Gasteiger charge is -2.24. The van der Waals surface area contributed by atoms with Crippen molar-refractivity contribution in [2.75, 3.05) is 11.1 Å². The molecule has 4 N–H and O–H groups in total. The monoisotopic (exact) mass is 352 g/mol. The molecule has 1 amide bonds. The van der Waals surface area contributed by atoms with Crippen molar-refractivity contribution < 1.29 is 9.18 Å². The van der Waals surface area contributed by atoms with Gasteiger partial charge < -0.3 is 11.1 Å². The molecular weight excluding hydrogens is 343 g/mol. The number of nitrogens with zero attached hydrogens (tertiary/aromatic N) is 1. The fraction of sp³-hybridized carbons (Fsp3) is 0.154. The summed E-state index contributed by atoms with van der Waals surface area (Å²) in [7, 11) is 0. The van der Waals surface area contributed by atoms with Gasteiger partial charge in [0.1, 0.15) is 11.6 Å². The summed E-state index contributed by atoms with van der Waals surface area (Å²) in [6, 6.07) is 4.39. The number of nitrogens with one attached hydrogen (secondary N) is 2. The van der Waals surface area contributed by atoms with Crippen LogP contribution in [0.25, 0.3) is 0 Å². The Labute approximate surface area is 126 Å². The van der Waals surface area contributed by atoms with E-state index in [1.165, 1.54) is 6.07 Å². The fourth-order valence-corrected chi connectivity index (χ4v) is 2.81. The van der Waals surface area contributed by atoms with E-state index >= 15 is 0 Å². The molecule has 1 aliphatic rings. The number of nitrogens with two attached hydrogens (primary N) is 1. The van der Waals surface area contributed by atoms with E-state index in [1.807, 2.05) is 0 Å². The van der Waals surface area contributed by atoms with Crippen molar-refractivity contribution in [1.29, 1.82) is 0 Å². The van der Waals surface area contributed by atoms with Gasteiger partial charge in [0.15, 0.2) is 0 Å². The number of H-pyrrole nitrogens is 1. The van der Waals surface area contributed by atoms with Crippen molar-refractivity contribution in [3.05, 3.63) is 50.0 Å². The van der Waals surface area contributed by atoms with Crippen molar-refractivity contribution in [3.8, 4) is 0 Å². The summed E-state index contributed by atoms with van der Waals surface area (Å²) in [6.07, 6.45) is -0.0327. The number of halogens is 2. The second kappa shape index (κ2) is 4.96. The number of amides is 1. The Morgan fingerprint density at radius 2 is 2.14 bits per heavy atom. The van der Waals surface area contributed by atoms with Gasteiger partial charge in [-0.15, -0.1) is 0 Å². The maximum Gasteiger partial charge on any atom is 0.258 e. The Morgan fingerprint density at radius 3 is 2.90 bits per heavy atom. The molecule has 0 aliphatic carbocycles. The number of hydrogen-bond donors (Lipinski definition) is 3. The van der Waals surface area contributed by atoms with E-state index < -0.39 is 17.3 Å². The smallest absolute Gasteiger partial charge is 0.258 e. The number of hydrogen-bond acceptors (Lipinski definition) is 4. The van der Waals surface area contributed by atoms with Crippen LogP contribution < -0.4 is 16.6 Å². The number of aromatic amines is 1. The number of aromatic nitrogens is 2. The van der Waals surface area contributed by atoms with Crippen LogP contribution in [0.1, 0.15) is 23.5 Å². The molecule has 0 fully saturated rings. The molecule has 1 aromatic carbocycles. The number of anilines is 2. The van der Waals surface area contributed by atoms with Crippen molar-refractivity contribution in [3.63, 3.8) is 0 Å². The third kappa shape index (κ3) is 2.42. The Hall–Kier alpha value is -2.22. The van der Waals surface area contributed by atoms with Crippen molar-refractivity contribution >= 4 is 33.6 Å². The summed E-state index contributed by atoms with van der Waals surface area (Å²) in [4.78, 5) is 30.2. The molecule has 21 heavy (non-hydrogen) atoms. The summed E-state index contributed by atoms with van der Waals surface area (Å²) in [5.41, 5.74) is 5.45. The minimum absolute atomic E-state index is 0.0327. The summed E-state index contributed by atoms with van der Waals surface area (Å²) < 4.78 is 14.7. The molecule has 3 rings (SSSR count). The highest BCUT2D eigenvalue weighted by Gasteiger charge is 2.32. The average molecular weight is 353 g/mol. The molecule has 0 saturated heterocycles. The van der Waals surface area contributed by atoms with Gasteiger partial charge >= 0.3 is 0 Å². The van der Waals surface area contributed by atoms with E-state index in [9.17, 15) is 14.0 Å². The first-order valence-corrected chi connectivity index (χ1v) is 6.89. The third-order valence-electron chi connectivity index (χ3n) is 3.30. The van der Waals surface area contributed by atoms with Crippen molar-refractivity contribution in [2.24, 2.45) is 0 Å². The normalized spacial score (nSPS) is 17.2. The maximum atomic E-state index is 14.1. The summed E-state index contributed by atoms with van der Waals surface area (Å²) in [5, 5.41) is 2.49. The highest BCUT2D eigenvalue weighted by Crippen LogP contribution is 2.36. The summed E-state index contributed by atoms with van der Waals surface area (Å²) in [5.74, 6) is -1.56. The molecule has 2 heterocycles. The van der Waals surface area contributed by atoms with E-state index in [0.29, 0.717) is 4.47 Å². The third-order valence-corrected chi connectivity index (χ3v) is 3.80. The van der Waals surface area contributed by atoms with Crippen LogP contribution >= 0.6 is 15.9 Å². The van der Waals surface area contributed by atoms with Crippen molar-refractivity contribution in [2.45, 2.75) is 12.3 Å². The Kier molecular flexibility index (Phi) is 3.25. The van der Waals surface area contributed by atoms with E-state index in [0.717, 1.165) is 0 Å². The molecule has 1 atom stereocenters. The van der Waals surface area contributed by atoms with Gasteiger partial charge in [-0.2, -0.15) is 4.98 Å². The zero-order valence-electron chi connectivity index (χ0n) is 10.6. The molecule has 2 aromatic rings. The predicted molar refractivity (Wildman–Crippen MR) is 78.5 cm³/mol. The second-order valence-corrected chi connectivity index (χ2v) is 5.60. The van der Waals surface area contributed by atoms with Crippen molar-refractivity contribution in [1.82, 2.24) is 9.97 Å². The van der Waals surface area contributed by atoms with E-state index in [4.69, 9.17) is 5.73 Å². The van der Waals surface area contributed by atoms with E-state index in [-0.39, 0.29) is 35.2 Å². The molecule has 0 bridgehead atoms. The molecule has 6 nitrogen and oxygen atoms in total. The molecule has 108 valence electrons. The van der Waals surface area contributed by atoms with Gasteiger partial charge in [-0.3, -0.25) is 14.6 Å². The number of carbonyl (C=O) groups is 1. The average Bonchev–Trinajstić information content (AvgIpc) is 2.39. The quantitative estimate of drug-likeness (QED) is 0.727. The molecule has 1 unspecified atom stereocenters. The van der Waals surface area contributed by atoms with Gasteiger partial charge in [0.25, 0.3) is 5.56 Å². The van der Waals surface area contributed by atoms with Gasteiger partial charge in [-0.1, -0.05) is 15.9 Å². The van der Waals surface area contributed by atoms with Gasteiger partial charge in [0.2, 0.25) is 11.9 Å². The fourth-order valence-electron chi connectivity index (χ4n) is 2.44. The topological polar surface area (TPSA) is 101 Å².